The maximum atomic E-state index is 15.2. The lowest BCUT2D eigenvalue weighted by Gasteiger charge is -2.53. The molecule has 34 heteroatoms. The first-order chi connectivity index (χ1) is 42.2. The Hall–Kier alpha value is -7.78. The van der Waals surface area contributed by atoms with E-state index in [0.29, 0.717) is 0 Å². The van der Waals surface area contributed by atoms with Crippen LogP contribution in [0.5, 0.6) is 0 Å². The Morgan fingerprint density at radius 3 is 1.59 bits per heavy atom. The first kappa shape index (κ1) is 73.0. The number of benzene rings is 2. The topological polar surface area (TPSA) is 400 Å². The van der Waals surface area contributed by atoms with E-state index < -0.39 is 205 Å². The summed E-state index contributed by atoms with van der Waals surface area (Å²) in [5.41, 5.74) is -0.287. The summed E-state index contributed by atoms with van der Waals surface area (Å²) >= 11 is 18.5. The smallest absolute Gasteiger partial charge is 0.366 e. The standard InChI is InChI=1S/C56H66Cl3N3O28/c1-25(63)61-40-36(79-29(5)67)21-55(54(74)75-10,89-46(40)43(82-32(8)70)37(80-30(6)68)22-76-27(3)65)90-47-44(87-51-41(62-26(2)64)45(83-33(9)71)42(81-31(7)69)38(84-51)23-77-28(4)66)39(24-78-49(72)34-17-13-11-14-18-34)85-52(88-53(60)56(57,58)59)48(47)86-50(73)35-19-15-12-16-20-35/h11-20,36-48,51-52,60H,21-24H2,1-10H3,(H,61,63)(H,62,64)/t36-,37+,38+,39+,40+,41+,42-,43+,44-,45+,46+,47-,48+,51-,52+,55-/m0/s1. The van der Waals surface area contributed by atoms with E-state index >= 15 is 4.79 Å². The SMILES string of the molecule is COC(=O)[C@@]1(O[C@H]2[C@@H](O[C@@H]3O[C@H](COC(C)=O)[C@H](OC(C)=O)[C@H](OC(C)=O)[C@H]3NC(C)=O)[C@@H](COC(=O)c3ccccc3)O[C@H](OC(=N)C(Cl)(Cl)Cl)[C@@H]2OC(=O)c2ccccc2)C[C@H](OC(C)=O)[C@@H](NC(C)=O)[C@H]([C@H](OC(C)=O)[C@@H](COC(C)=O)OC(C)=O)O1. The Labute approximate surface area is 528 Å². The Morgan fingerprint density at radius 2 is 1.08 bits per heavy atom. The number of esters is 10. The largest absolute Gasteiger partial charge is 0.465 e. The molecule has 2 aromatic carbocycles. The second kappa shape index (κ2) is 32.8. The number of halogens is 3. The molecule has 3 aliphatic rings. The summed E-state index contributed by atoms with van der Waals surface area (Å²) in [6.45, 7) is 5.78. The van der Waals surface area contributed by atoms with Gasteiger partial charge in [-0.15, -0.1) is 0 Å². The van der Waals surface area contributed by atoms with Gasteiger partial charge in [-0.05, 0) is 24.3 Å². The lowest BCUT2D eigenvalue weighted by molar-refractivity contribution is -0.383. The van der Waals surface area contributed by atoms with Crippen molar-refractivity contribution in [2.75, 3.05) is 26.9 Å². The summed E-state index contributed by atoms with van der Waals surface area (Å²) in [6, 6.07) is 10.5. The number of hydrogen-bond donors (Lipinski definition) is 3. The van der Waals surface area contributed by atoms with Gasteiger partial charge in [0, 0.05) is 62.3 Å². The van der Waals surface area contributed by atoms with Crippen LogP contribution >= 0.6 is 34.8 Å². The fraction of sp³-hybridized carbons (Fsp3) is 0.554. The number of methoxy groups -OCH3 is 1. The van der Waals surface area contributed by atoms with Crippen LogP contribution in [0.2, 0.25) is 0 Å². The van der Waals surface area contributed by atoms with Crippen molar-refractivity contribution in [2.45, 2.75) is 170 Å². The molecule has 90 heavy (non-hydrogen) atoms. The predicted molar refractivity (Wildman–Crippen MR) is 299 cm³/mol. The highest BCUT2D eigenvalue weighted by Gasteiger charge is 2.65. The average Bonchev–Trinajstić information content (AvgIpc) is 0.748. The maximum Gasteiger partial charge on any atom is 0.366 e. The summed E-state index contributed by atoms with van der Waals surface area (Å²) < 4.78 is 92.4. The third-order valence-corrected chi connectivity index (χ3v) is 13.4. The van der Waals surface area contributed by atoms with Crippen molar-refractivity contribution in [1.29, 1.82) is 5.41 Å². The number of rotatable bonds is 24. The van der Waals surface area contributed by atoms with E-state index in [2.05, 4.69) is 10.6 Å². The molecular weight excluding hydrogens is 1270 g/mol. The number of carbonyl (C=O) groups is 12. The van der Waals surface area contributed by atoms with Crippen LogP contribution in [0.1, 0.15) is 89.5 Å². The molecule has 3 N–H and O–H groups in total. The third-order valence-electron chi connectivity index (χ3n) is 12.9. The Kier molecular flexibility index (Phi) is 26.6. The zero-order valence-electron chi connectivity index (χ0n) is 49.8. The number of ether oxygens (including phenoxy) is 16. The summed E-state index contributed by atoms with van der Waals surface area (Å²) in [4.78, 5) is 160. The molecule has 3 saturated heterocycles. The molecule has 0 bridgehead atoms. The summed E-state index contributed by atoms with van der Waals surface area (Å²) in [5.74, 6) is -17.7. The van der Waals surface area contributed by atoms with E-state index in [9.17, 15) is 52.7 Å². The fourth-order valence-electron chi connectivity index (χ4n) is 9.60. The molecule has 16 atom stereocenters. The number of carbonyl (C=O) groups excluding carboxylic acids is 12. The molecule has 494 valence electrons. The number of nitrogens with one attached hydrogen (secondary N) is 3. The van der Waals surface area contributed by atoms with Crippen molar-refractivity contribution in [2.24, 2.45) is 0 Å². The molecule has 2 amide bonds. The summed E-state index contributed by atoms with van der Waals surface area (Å²) in [5, 5.41) is 13.8. The third kappa shape index (κ3) is 20.6. The molecule has 5 rings (SSSR count). The molecule has 3 aliphatic heterocycles. The van der Waals surface area contributed by atoms with Gasteiger partial charge in [0.05, 0.1) is 30.7 Å². The zero-order valence-corrected chi connectivity index (χ0v) is 52.1. The highest BCUT2D eigenvalue weighted by molar-refractivity contribution is 6.76. The molecule has 0 unspecified atom stereocenters. The van der Waals surface area contributed by atoms with E-state index in [0.717, 1.165) is 69.4 Å². The second-order valence-corrected chi connectivity index (χ2v) is 22.3. The molecule has 31 nitrogen and oxygen atoms in total. The van der Waals surface area contributed by atoms with E-state index in [4.69, 9.17) is 116 Å². The number of hydrogen-bond acceptors (Lipinski definition) is 29. The van der Waals surface area contributed by atoms with E-state index in [1.807, 2.05) is 0 Å². The van der Waals surface area contributed by atoms with Gasteiger partial charge in [0.2, 0.25) is 24.0 Å². The fourth-order valence-corrected chi connectivity index (χ4v) is 9.73. The minimum atomic E-state index is -3.32. The van der Waals surface area contributed by atoms with Crippen molar-refractivity contribution in [3.05, 3.63) is 71.8 Å². The lowest BCUT2D eigenvalue weighted by Crippen LogP contribution is -2.73. The molecule has 3 heterocycles. The van der Waals surface area contributed by atoms with Crippen LogP contribution in [0.25, 0.3) is 0 Å². The molecular formula is C56H66Cl3N3O28. The molecule has 2 aromatic rings. The van der Waals surface area contributed by atoms with Gasteiger partial charge in [0.1, 0.15) is 62.5 Å². The molecule has 0 aromatic heterocycles. The van der Waals surface area contributed by atoms with Crippen molar-refractivity contribution in [3.8, 4) is 0 Å². The van der Waals surface area contributed by atoms with E-state index in [-0.39, 0.29) is 11.1 Å². The van der Waals surface area contributed by atoms with Crippen LogP contribution in [-0.4, -0.2) is 206 Å². The quantitative estimate of drug-likeness (QED) is 0.0445. The Balaban J connectivity index is 1.96. The van der Waals surface area contributed by atoms with Gasteiger partial charge in [-0.2, -0.15) is 0 Å². The Bertz CT molecular complexity index is 2950. The first-order valence-electron chi connectivity index (χ1n) is 27.1. The second-order valence-electron chi connectivity index (χ2n) is 20.0. The molecule has 3 fully saturated rings. The lowest BCUT2D eigenvalue weighted by atomic mass is 9.87. The Morgan fingerprint density at radius 1 is 0.567 bits per heavy atom. The van der Waals surface area contributed by atoms with Crippen LogP contribution in [0.4, 0.5) is 0 Å². The van der Waals surface area contributed by atoms with Crippen LogP contribution in [0.15, 0.2) is 60.7 Å². The normalized spacial score (nSPS) is 27.0. The minimum Gasteiger partial charge on any atom is -0.465 e. The van der Waals surface area contributed by atoms with Gasteiger partial charge in [-0.3, -0.25) is 48.6 Å². The molecule has 0 saturated carbocycles. The van der Waals surface area contributed by atoms with Gasteiger partial charge < -0.3 is 86.4 Å². The monoisotopic (exact) mass is 1330 g/mol. The van der Waals surface area contributed by atoms with Crippen molar-refractivity contribution < 1.29 is 133 Å². The van der Waals surface area contributed by atoms with Crippen LogP contribution in [0.3, 0.4) is 0 Å². The zero-order chi connectivity index (χ0) is 66.9. The maximum absolute atomic E-state index is 15.2. The highest BCUT2D eigenvalue weighted by Crippen LogP contribution is 2.43. The van der Waals surface area contributed by atoms with Crippen molar-refractivity contribution in [1.82, 2.24) is 10.6 Å². The molecule has 0 radical (unpaired) electrons. The number of alkyl halides is 3. The average molecular weight is 1340 g/mol. The van der Waals surface area contributed by atoms with Crippen LogP contribution in [-0.2, 0) is 124 Å². The predicted octanol–water partition coefficient (Wildman–Crippen LogP) is 2.11. The number of amides is 2. The van der Waals surface area contributed by atoms with Crippen molar-refractivity contribution >= 4 is 112 Å². The summed E-state index contributed by atoms with van der Waals surface area (Å²) in [7, 11) is 0.801. The van der Waals surface area contributed by atoms with Gasteiger partial charge in [0.25, 0.3) is 9.58 Å². The minimum absolute atomic E-state index is 0.0611. The summed E-state index contributed by atoms with van der Waals surface area (Å²) in [6.07, 6.45) is -28.6. The van der Waals surface area contributed by atoms with Gasteiger partial charge in [-0.25, -0.2) is 14.4 Å². The van der Waals surface area contributed by atoms with E-state index in [1.165, 1.54) is 54.6 Å². The highest BCUT2D eigenvalue weighted by atomic mass is 35.6. The van der Waals surface area contributed by atoms with Gasteiger partial charge >= 0.3 is 59.7 Å². The first-order valence-corrected chi connectivity index (χ1v) is 28.2. The van der Waals surface area contributed by atoms with Crippen LogP contribution < -0.4 is 10.6 Å². The molecule has 0 spiro atoms. The molecule has 0 aliphatic carbocycles. The van der Waals surface area contributed by atoms with Gasteiger partial charge in [0.15, 0.2) is 36.8 Å². The van der Waals surface area contributed by atoms with Gasteiger partial charge in [-0.1, -0.05) is 71.2 Å². The van der Waals surface area contributed by atoms with Crippen LogP contribution in [0, 0.1) is 5.41 Å². The van der Waals surface area contributed by atoms with Crippen molar-refractivity contribution in [3.63, 3.8) is 0 Å². The van der Waals surface area contributed by atoms with E-state index in [1.54, 1.807) is 6.07 Å².